The van der Waals surface area contributed by atoms with Gasteiger partial charge in [0.05, 0.1) is 27.6 Å². The van der Waals surface area contributed by atoms with E-state index in [0.29, 0.717) is 28.1 Å². The van der Waals surface area contributed by atoms with Gasteiger partial charge >= 0.3 is 0 Å². The van der Waals surface area contributed by atoms with Crippen molar-refractivity contribution in [2.45, 2.75) is 0 Å². The molecule has 13 aromatic carbocycles. The summed E-state index contributed by atoms with van der Waals surface area (Å²) < 4.78 is 4.62. The number of benzene rings is 13. The van der Waals surface area contributed by atoms with Crippen molar-refractivity contribution in [1.82, 2.24) is 44.0 Å². The highest BCUT2D eigenvalue weighted by Crippen LogP contribution is 2.45. The van der Waals surface area contributed by atoms with Crippen molar-refractivity contribution in [1.29, 1.82) is 0 Å². The lowest BCUT2D eigenvalue weighted by Crippen LogP contribution is -2.05. The highest BCUT2D eigenvalue weighted by Gasteiger charge is 2.25. The van der Waals surface area contributed by atoms with Gasteiger partial charge in [-0.25, -0.2) is 29.9 Å². The zero-order valence-electron chi connectivity index (χ0n) is 51.5. The molecule has 0 fully saturated rings. The summed E-state index contributed by atoms with van der Waals surface area (Å²) >= 11 is 0. The molecule has 0 saturated carbocycles. The van der Waals surface area contributed by atoms with E-state index in [1.165, 1.54) is 16.2 Å². The summed E-state index contributed by atoms with van der Waals surface area (Å²) in [7, 11) is 0. The predicted octanol–water partition coefficient (Wildman–Crippen LogP) is 21.7. The van der Waals surface area contributed by atoms with Gasteiger partial charge in [-0.15, -0.1) is 0 Å². The number of rotatable bonds is 8. The van der Waals surface area contributed by atoms with Gasteiger partial charge in [-0.3, -0.25) is 14.1 Å². The number of aromatic nitrogens is 9. The van der Waals surface area contributed by atoms with Gasteiger partial charge in [0.25, 0.3) is 0 Å². The minimum atomic E-state index is 0.541. The number of hydrogen-bond donors (Lipinski definition) is 0. The van der Waals surface area contributed by atoms with Crippen LogP contribution in [0.15, 0.2) is 310 Å². The molecule has 0 saturated heterocycles. The number of fused-ring (bicyclic) bond motifs is 14. The first-order valence-corrected chi connectivity index (χ1v) is 32.3. The predicted molar refractivity (Wildman–Crippen MR) is 395 cm³/mol. The van der Waals surface area contributed by atoms with Crippen molar-refractivity contribution in [3.05, 3.63) is 310 Å². The van der Waals surface area contributed by atoms with Crippen molar-refractivity contribution in [2.24, 2.45) is 0 Å². The molecule has 7 aromatic heterocycles. The maximum absolute atomic E-state index is 5.69. The monoisotopic (exact) mass is 1220 g/mol. The molecule has 0 aliphatic carbocycles. The summed E-state index contributed by atoms with van der Waals surface area (Å²) in [5.74, 6) is 1.42. The molecule has 0 amide bonds. The van der Waals surface area contributed by atoms with E-state index in [9.17, 15) is 0 Å². The average Bonchev–Trinajstić information content (AvgIpc) is 1.55. The molecule has 0 atom stereocenters. The molecule has 0 N–H and O–H groups in total. The van der Waals surface area contributed by atoms with E-state index >= 15 is 0 Å². The van der Waals surface area contributed by atoms with Crippen molar-refractivity contribution in [3.8, 4) is 78.7 Å². The number of hydrogen-bond acceptors (Lipinski definition) is 7. The average molecular weight is 1220 g/mol. The Morgan fingerprint density at radius 1 is 0.229 bits per heavy atom. The lowest BCUT2D eigenvalue weighted by Gasteiger charge is -2.15. The number of nitrogens with zero attached hydrogens (tertiary/aromatic N) is 9. The summed E-state index contributed by atoms with van der Waals surface area (Å²) in [6, 6.07) is 104. The van der Waals surface area contributed by atoms with Gasteiger partial charge in [0.15, 0.2) is 22.9 Å². The van der Waals surface area contributed by atoms with Gasteiger partial charge in [-0.05, 0) is 167 Å². The zero-order valence-corrected chi connectivity index (χ0v) is 51.5. The first-order chi connectivity index (χ1) is 47.5. The van der Waals surface area contributed by atoms with E-state index in [1.54, 1.807) is 6.20 Å². The van der Waals surface area contributed by atoms with Crippen LogP contribution in [0.25, 0.3) is 199 Å². The van der Waals surface area contributed by atoms with Crippen LogP contribution in [0, 0.1) is 0 Å². The molecule has 444 valence electrons. The molecule has 20 aromatic rings. The molecule has 9 nitrogen and oxygen atoms in total. The molecule has 0 aliphatic rings. The van der Waals surface area contributed by atoms with Crippen molar-refractivity contribution >= 4 is 120 Å². The van der Waals surface area contributed by atoms with E-state index in [2.05, 4.69) is 287 Å². The second kappa shape index (κ2) is 21.2. The fourth-order valence-electron chi connectivity index (χ4n) is 14.7. The van der Waals surface area contributed by atoms with Crippen LogP contribution in [0.2, 0.25) is 0 Å². The molecule has 20 rings (SSSR count). The minimum Gasteiger partial charge on any atom is -0.292 e. The Labute approximate surface area is 549 Å². The quantitative estimate of drug-likeness (QED) is 0.140. The van der Waals surface area contributed by atoms with Crippen LogP contribution in [0.3, 0.4) is 0 Å². The van der Waals surface area contributed by atoms with Gasteiger partial charge in [0.2, 0.25) is 0 Å². The van der Waals surface area contributed by atoms with Crippen LogP contribution >= 0.6 is 0 Å². The van der Waals surface area contributed by atoms with Crippen LogP contribution in [0.1, 0.15) is 0 Å². The zero-order chi connectivity index (χ0) is 63.0. The molecular formula is C87H51N9. The van der Waals surface area contributed by atoms with Gasteiger partial charge in [-0.2, -0.15) is 0 Å². The molecule has 0 bridgehead atoms. The Bertz CT molecular complexity index is 6650. The van der Waals surface area contributed by atoms with Gasteiger partial charge in [-0.1, -0.05) is 206 Å². The second-order valence-corrected chi connectivity index (χ2v) is 24.9. The minimum absolute atomic E-state index is 0.541. The standard InChI is InChI=1S/C87H51N9/c1-2-14-52(15-3-1)63-38-39-77-71(44-63)72-43-59-17-4-6-19-61(59)49-79(72)95(77)87-82(57-34-28-53(29-35-57)64-36-33-56-23-12-40-88-75(56)47-64)91-76-48-67(51-90-85(76)94-87)58-21-10-22-65(42-58)69-25-11-27-78-81(69)73-45-60-18-5-7-20-62(60)50-80(73)96(78)86-83(93-84-74(92-86)26-13-41-89-84)66-37-32-55-31-30-54-16-8-9-24-68(54)70(55)46-66/h1-51H. The highest BCUT2D eigenvalue weighted by atomic mass is 15.1. The Balaban J connectivity index is 0.765. The SMILES string of the molecule is c1ccc(-c2ccc3c(c2)c2cc4ccccc4cc2n3-c2nc3ncc(-c4cccc(-c5cccc6c5c5cc7ccccc7cc5n6-c5nc6cccnc6nc5-c5ccc6ccc7ccccc7c6c5)c4)cc3nc2-c2ccc(-c3ccc4cccnc4c3)cc2)cc1. The third-order valence-corrected chi connectivity index (χ3v) is 19.4. The Hall–Kier alpha value is -13.1. The summed E-state index contributed by atoms with van der Waals surface area (Å²) in [5, 5.41) is 14.8. The van der Waals surface area contributed by atoms with Crippen molar-refractivity contribution in [3.63, 3.8) is 0 Å². The van der Waals surface area contributed by atoms with Crippen LogP contribution in [-0.2, 0) is 0 Å². The summed E-state index contributed by atoms with van der Waals surface area (Å²) in [5.41, 5.74) is 19.5. The topological polar surface area (TPSA) is 100 Å². The molecule has 96 heavy (non-hydrogen) atoms. The number of pyridine rings is 3. The van der Waals surface area contributed by atoms with E-state index in [4.69, 9.17) is 29.9 Å². The summed E-state index contributed by atoms with van der Waals surface area (Å²) in [6.45, 7) is 0. The van der Waals surface area contributed by atoms with Crippen LogP contribution in [-0.4, -0.2) is 44.0 Å². The van der Waals surface area contributed by atoms with Crippen molar-refractivity contribution in [2.75, 3.05) is 0 Å². The van der Waals surface area contributed by atoms with Crippen molar-refractivity contribution < 1.29 is 0 Å². The third-order valence-electron chi connectivity index (χ3n) is 19.4. The Morgan fingerprint density at radius 3 is 1.61 bits per heavy atom. The van der Waals surface area contributed by atoms with Crippen LogP contribution in [0.4, 0.5) is 0 Å². The lowest BCUT2D eigenvalue weighted by atomic mass is 9.95. The summed E-state index contributed by atoms with van der Waals surface area (Å²) in [6.07, 6.45) is 5.58. The molecule has 7 heterocycles. The lowest BCUT2D eigenvalue weighted by molar-refractivity contribution is 1.07. The maximum atomic E-state index is 5.69. The van der Waals surface area contributed by atoms with Gasteiger partial charge < -0.3 is 0 Å². The molecule has 0 aliphatic heterocycles. The normalized spacial score (nSPS) is 12.0. The molecule has 0 radical (unpaired) electrons. The smallest absolute Gasteiger partial charge is 0.180 e. The largest absolute Gasteiger partial charge is 0.292 e. The molecule has 0 spiro atoms. The molecule has 0 unspecified atom stereocenters. The van der Waals surface area contributed by atoms with Gasteiger partial charge in [0, 0.05) is 62.2 Å². The van der Waals surface area contributed by atoms with Crippen LogP contribution in [0.5, 0.6) is 0 Å². The first kappa shape index (κ1) is 53.5. The molecule has 9 heteroatoms. The van der Waals surface area contributed by atoms with Crippen LogP contribution < -0.4 is 0 Å². The maximum Gasteiger partial charge on any atom is 0.180 e. The summed E-state index contributed by atoms with van der Waals surface area (Å²) in [4.78, 5) is 36.9. The van der Waals surface area contributed by atoms with E-state index in [1.807, 2.05) is 30.6 Å². The Morgan fingerprint density at radius 2 is 0.771 bits per heavy atom. The fourth-order valence-corrected chi connectivity index (χ4v) is 14.7. The molecular weight excluding hydrogens is 1170 g/mol. The third kappa shape index (κ3) is 8.61. The highest BCUT2D eigenvalue weighted by molar-refractivity contribution is 6.20. The van der Waals surface area contributed by atoms with E-state index < -0.39 is 0 Å². The van der Waals surface area contributed by atoms with Gasteiger partial charge in [0.1, 0.15) is 22.4 Å². The van der Waals surface area contributed by atoms with E-state index in [0.717, 1.165) is 154 Å². The first-order valence-electron chi connectivity index (χ1n) is 32.3. The fraction of sp³-hybridized carbons (Fsp3) is 0. The second-order valence-electron chi connectivity index (χ2n) is 24.9. The Kier molecular flexibility index (Phi) is 11.8. The van der Waals surface area contributed by atoms with E-state index in [-0.39, 0.29) is 0 Å².